The van der Waals surface area contributed by atoms with E-state index in [1.807, 2.05) is 61.5 Å². The zero-order valence-electron chi connectivity index (χ0n) is 25.8. The lowest BCUT2D eigenvalue weighted by Gasteiger charge is -2.18. The van der Waals surface area contributed by atoms with Gasteiger partial charge in [0.05, 0.1) is 16.7 Å². The number of benzene rings is 5. The van der Waals surface area contributed by atoms with Gasteiger partial charge in [0.25, 0.3) is 11.8 Å². The van der Waals surface area contributed by atoms with Gasteiger partial charge in [0, 0.05) is 21.8 Å². The average Bonchev–Trinajstić information content (AvgIpc) is 3.11. The van der Waals surface area contributed by atoms with Crippen molar-refractivity contribution in [2.75, 3.05) is 17.2 Å². The Morgan fingerprint density at radius 2 is 1.38 bits per heavy atom. The van der Waals surface area contributed by atoms with Crippen LogP contribution in [0.4, 0.5) is 11.4 Å². The summed E-state index contributed by atoms with van der Waals surface area (Å²) in [5.74, 6) is -0.479. The molecule has 5 aromatic carbocycles. The third kappa shape index (κ3) is 9.29. The van der Waals surface area contributed by atoms with Crippen LogP contribution in [0.2, 0.25) is 10.0 Å². The number of hydrogen-bond acceptors (Lipinski definition) is 5. The first-order valence-corrected chi connectivity index (χ1v) is 16.6. The number of nitrogens with one attached hydrogen (secondary N) is 3. The van der Waals surface area contributed by atoms with Crippen LogP contribution in [0.1, 0.15) is 33.7 Å². The Balaban J connectivity index is 1.33. The SMILES string of the molecule is CCOc1ccc(NC(=O)C(Sc2ccc(NC(=O)/C(=C/c3cccc(Cl)c3Cl)NC(=O)c3ccccc3)cc2)c2ccccc2)cc1. The van der Waals surface area contributed by atoms with E-state index in [9.17, 15) is 14.4 Å². The van der Waals surface area contributed by atoms with Crippen LogP contribution in [0.25, 0.3) is 6.08 Å². The van der Waals surface area contributed by atoms with Crippen molar-refractivity contribution in [3.8, 4) is 5.75 Å². The van der Waals surface area contributed by atoms with Gasteiger partial charge < -0.3 is 20.7 Å². The van der Waals surface area contributed by atoms with Crippen molar-refractivity contribution < 1.29 is 19.1 Å². The number of rotatable bonds is 12. The molecule has 3 N–H and O–H groups in total. The van der Waals surface area contributed by atoms with Crippen LogP contribution < -0.4 is 20.7 Å². The summed E-state index contributed by atoms with van der Waals surface area (Å²) in [6.07, 6.45) is 1.47. The number of carbonyl (C=O) groups is 3. The molecule has 1 atom stereocenters. The molecule has 0 aliphatic heterocycles. The van der Waals surface area contributed by atoms with Crippen LogP contribution in [0.5, 0.6) is 5.75 Å². The standard InChI is InChI=1S/C38H31Cl2N3O4S/c1-2-47-30-20-16-28(17-21-30)42-38(46)35(25-10-5-3-6-11-25)48-31-22-18-29(19-23-31)41-37(45)33(24-27-14-9-15-32(39)34(27)40)43-36(44)26-12-7-4-8-13-26/h3-24,35H,2H2,1H3,(H,41,45)(H,42,46)(H,43,44)/b33-24-. The van der Waals surface area contributed by atoms with Crippen LogP contribution in [-0.2, 0) is 9.59 Å². The highest BCUT2D eigenvalue weighted by Crippen LogP contribution is 2.37. The summed E-state index contributed by atoms with van der Waals surface area (Å²) >= 11 is 14.0. The van der Waals surface area contributed by atoms with Crippen LogP contribution in [0.15, 0.2) is 138 Å². The second-order valence-electron chi connectivity index (χ2n) is 10.4. The van der Waals surface area contributed by atoms with Crippen LogP contribution in [0.3, 0.4) is 0 Å². The summed E-state index contributed by atoms with van der Waals surface area (Å²) in [5.41, 5.74) is 2.80. The third-order valence-electron chi connectivity index (χ3n) is 6.95. The van der Waals surface area contributed by atoms with E-state index >= 15 is 0 Å². The van der Waals surface area contributed by atoms with Crippen LogP contribution >= 0.6 is 35.0 Å². The molecule has 5 rings (SSSR count). The number of carbonyl (C=O) groups excluding carboxylic acids is 3. The molecule has 1 unspecified atom stereocenters. The minimum Gasteiger partial charge on any atom is -0.494 e. The highest BCUT2D eigenvalue weighted by molar-refractivity contribution is 8.00. The van der Waals surface area contributed by atoms with Gasteiger partial charge in [0.15, 0.2) is 0 Å². The molecule has 7 nitrogen and oxygen atoms in total. The van der Waals surface area contributed by atoms with Crippen molar-refractivity contribution in [3.63, 3.8) is 0 Å². The van der Waals surface area contributed by atoms with Crippen molar-refractivity contribution in [1.82, 2.24) is 5.32 Å². The number of anilines is 2. The smallest absolute Gasteiger partial charge is 0.272 e. The quantitative estimate of drug-likeness (QED) is 0.0893. The molecule has 0 fully saturated rings. The first-order chi connectivity index (χ1) is 23.3. The molecule has 0 spiro atoms. The molecular weight excluding hydrogens is 665 g/mol. The summed E-state index contributed by atoms with van der Waals surface area (Å²) in [5, 5.41) is 8.55. The van der Waals surface area contributed by atoms with Gasteiger partial charge in [-0.05, 0) is 90.9 Å². The topological polar surface area (TPSA) is 96.5 Å². The van der Waals surface area contributed by atoms with Gasteiger partial charge in [0.2, 0.25) is 5.91 Å². The van der Waals surface area contributed by atoms with Crippen LogP contribution in [0, 0.1) is 0 Å². The predicted molar refractivity (Wildman–Crippen MR) is 195 cm³/mol. The van der Waals surface area contributed by atoms with E-state index in [1.54, 1.807) is 72.8 Å². The number of halogens is 2. The minimum absolute atomic E-state index is 0.0263. The second-order valence-corrected chi connectivity index (χ2v) is 12.3. The summed E-state index contributed by atoms with van der Waals surface area (Å²) in [7, 11) is 0. The van der Waals surface area contributed by atoms with Gasteiger partial charge in [-0.25, -0.2) is 0 Å². The maximum absolute atomic E-state index is 13.5. The van der Waals surface area contributed by atoms with E-state index in [2.05, 4.69) is 16.0 Å². The normalized spacial score (nSPS) is 11.7. The van der Waals surface area contributed by atoms with Gasteiger partial charge in [-0.2, -0.15) is 0 Å². The number of ether oxygens (including phenoxy) is 1. The van der Waals surface area contributed by atoms with E-state index in [-0.39, 0.29) is 16.6 Å². The van der Waals surface area contributed by atoms with Gasteiger partial charge in [-0.15, -0.1) is 11.8 Å². The highest BCUT2D eigenvalue weighted by atomic mass is 35.5. The Labute approximate surface area is 293 Å². The molecule has 0 aliphatic rings. The molecule has 0 bridgehead atoms. The van der Waals surface area contributed by atoms with Crippen LogP contribution in [-0.4, -0.2) is 24.3 Å². The van der Waals surface area contributed by atoms with Gasteiger partial charge >= 0.3 is 0 Å². The maximum Gasteiger partial charge on any atom is 0.272 e. The largest absolute Gasteiger partial charge is 0.494 e. The van der Waals surface area contributed by atoms with Gasteiger partial charge in [0.1, 0.15) is 16.7 Å². The van der Waals surface area contributed by atoms with Crippen molar-refractivity contribution in [1.29, 1.82) is 0 Å². The number of thioether (sulfide) groups is 1. The predicted octanol–water partition coefficient (Wildman–Crippen LogP) is 9.27. The highest BCUT2D eigenvalue weighted by Gasteiger charge is 2.23. The fourth-order valence-electron chi connectivity index (χ4n) is 4.59. The summed E-state index contributed by atoms with van der Waals surface area (Å²) in [6.45, 7) is 2.47. The third-order valence-corrected chi connectivity index (χ3v) is 9.05. The molecule has 48 heavy (non-hydrogen) atoms. The molecule has 5 aromatic rings. The molecule has 0 heterocycles. The maximum atomic E-state index is 13.5. The van der Waals surface area contributed by atoms with E-state index in [4.69, 9.17) is 27.9 Å². The van der Waals surface area contributed by atoms with E-state index in [0.717, 1.165) is 16.2 Å². The van der Waals surface area contributed by atoms with E-state index in [0.29, 0.717) is 34.1 Å². The monoisotopic (exact) mass is 695 g/mol. The summed E-state index contributed by atoms with van der Waals surface area (Å²) in [4.78, 5) is 40.8. The molecule has 10 heteroatoms. The molecular formula is C38H31Cl2N3O4S. The summed E-state index contributed by atoms with van der Waals surface area (Å²) in [6, 6.07) is 37.4. The average molecular weight is 697 g/mol. The van der Waals surface area contributed by atoms with Crippen molar-refractivity contribution in [3.05, 3.63) is 160 Å². The molecule has 0 saturated heterocycles. The Hall–Kier alpha value is -5.02. The molecule has 0 saturated carbocycles. The number of amides is 3. The lowest BCUT2D eigenvalue weighted by Crippen LogP contribution is -2.30. The van der Waals surface area contributed by atoms with Gasteiger partial charge in [-0.3, -0.25) is 14.4 Å². The summed E-state index contributed by atoms with van der Waals surface area (Å²) < 4.78 is 5.50. The van der Waals surface area contributed by atoms with Crippen molar-refractivity contribution in [2.24, 2.45) is 0 Å². The zero-order chi connectivity index (χ0) is 33.9. The zero-order valence-corrected chi connectivity index (χ0v) is 28.1. The Bertz CT molecular complexity index is 1900. The fraction of sp³-hybridized carbons (Fsp3) is 0.0789. The Morgan fingerprint density at radius 1 is 0.750 bits per heavy atom. The van der Waals surface area contributed by atoms with E-state index < -0.39 is 17.1 Å². The molecule has 242 valence electrons. The second kappa shape index (κ2) is 16.7. The number of hydrogen-bond donors (Lipinski definition) is 3. The fourth-order valence-corrected chi connectivity index (χ4v) is 5.98. The Kier molecular flexibility index (Phi) is 11.9. The Morgan fingerprint density at radius 3 is 2.04 bits per heavy atom. The van der Waals surface area contributed by atoms with Gasteiger partial charge in [-0.1, -0.05) is 83.9 Å². The first kappa shape index (κ1) is 34.3. The molecule has 0 radical (unpaired) electrons. The minimum atomic E-state index is -0.562. The molecule has 3 amide bonds. The lowest BCUT2D eigenvalue weighted by atomic mass is 10.1. The first-order valence-electron chi connectivity index (χ1n) is 15.0. The molecule has 0 aliphatic carbocycles. The van der Waals surface area contributed by atoms with Crippen molar-refractivity contribution >= 4 is 70.1 Å². The van der Waals surface area contributed by atoms with Crippen molar-refractivity contribution in [2.45, 2.75) is 17.1 Å². The lowest BCUT2D eigenvalue weighted by molar-refractivity contribution is -0.116. The molecule has 0 aromatic heterocycles. The van der Waals surface area contributed by atoms with E-state index in [1.165, 1.54) is 17.8 Å².